The zero-order valence-electron chi connectivity index (χ0n) is 10.5. The number of aliphatic hydroxyl groups is 1. The molecule has 0 saturated heterocycles. The van der Waals surface area contributed by atoms with Crippen LogP contribution in [-0.4, -0.2) is 14.9 Å². The standard InChI is InChI=1S/C14H18N2O/c1-10(2)14-12(9-17)8-15-16(14)13-6-4-5-11(3)7-13/h4-8,10,17H,9H2,1-3H3. The van der Waals surface area contributed by atoms with E-state index in [4.69, 9.17) is 0 Å². The molecule has 0 saturated carbocycles. The third-order valence-electron chi connectivity index (χ3n) is 2.85. The maximum absolute atomic E-state index is 9.33. The van der Waals surface area contributed by atoms with Crippen molar-refractivity contribution in [3.63, 3.8) is 0 Å². The molecule has 1 aromatic heterocycles. The topological polar surface area (TPSA) is 38.0 Å². The number of aryl methyl sites for hydroxylation is 1. The largest absolute Gasteiger partial charge is 0.392 e. The molecule has 0 aliphatic carbocycles. The third kappa shape index (κ3) is 2.24. The van der Waals surface area contributed by atoms with Crippen LogP contribution < -0.4 is 0 Å². The second-order valence-electron chi connectivity index (χ2n) is 4.62. The van der Waals surface area contributed by atoms with Crippen LogP contribution in [0.1, 0.15) is 36.6 Å². The van der Waals surface area contributed by atoms with Crippen molar-refractivity contribution < 1.29 is 5.11 Å². The zero-order valence-corrected chi connectivity index (χ0v) is 10.5. The lowest BCUT2D eigenvalue weighted by Crippen LogP contribution is -2.05. The van der Waals surface area contributed by atoms with Crippen molar-refractivity contribution in [3.05, 3.63) is 47.3 Å². The Morgan fingerprint density at radius 1 is 1.35 bits per heavy atom. The lowest BCUT2D eigenvalue weighted by atomic mass is 10.1. The summed E-state index contributed by atoms with van der Waals surface area (Å²) >= 11 is 0. The molecule has 1 aromatic carbocycles. The average Bonchev–Trinajstić information content (AvgIpc) is 2.72. The first-order valence-corrected chi connectivity index (χ1v) is 5.88. The fourth-order valence-corrected chi connectivity index (χ4v) is 2.09. The summed E-state index contributed by atoms with van der Waals surface area (Å²) in [7, 11) is 0. The minimum atomic E-state index is 0.0410. The van der Waals surface area contributed by atoms with Crippen LogP contribution in [0.4, 0.5) is 0 Å². The fourth-order valence-electron chi connectivity index (χ4n) is 2.09. The van der Waals surface area contributed by atoms with Crippen LogP contribution in [0.3, 0.4) is 0 Å². The monoisotopic (exact) mass is 230 g/mol. The Bertz CT molecular complexity index is 515. The Morgan fingerprint density at radius 2 is 2.12 bits per heavy atom. The molecule has 0 bridgehead atoms. The fraction of sp³-hybridized carbons (Fsp3) is 0.357. The summed E-state index contributed by atoms with van der Waals surface area (Å²) in [6, 6.07) is 8.22. The van der Waals surface area contributed by atoms with Gasteiger partial charge in [0.1, 0.15) is 0 Å². The van der Waals surface area contributed by atoms with Crippen molar-refractivity contribution in [1.29, 1.82) is 0 Å². The molecule has 2 rings (SSSR count). The highest BCUT2D eigenvalue weighted by molar-refractivity contribution is 5.38. The highest BCUT2D eigenvalue weighted by Gasteiger charge is 2.14. The minimum Gasteiger partial charge on any atom is -0.392 e. The second-order valence-corrected chi connectivity index (χ2v) is 4.62. The average molecular weight is 230 g/mol. The highest BCUT2D eigenvalue weighted by atomic mass is 16.3. The maximum Gasteiger partial charge on any atom is 0.0715 e. The molecular formula is C14H18N2O. The van der Waals surface area contributed by atoms with Gasteiger partial charge in [0.2, 0.25) is 0 Å². The molecule has 3 heteroatoms. The number of hydrogen-bond donors (Lipinski definition) is 1. The number of nitrogens with zero attached hydrogens (tertiary/aromatic N) is 2. The van der Waals surface area contributed by atoms with Crippen molar-refractivity contribution in [1.82, 2.24) is 9.78 Å². The molecule has 0 amide bonds. The lowest BCUT2D eigenvalue weighted by Gasteiger charge is -2.12. The second kappa shape index (κ2) is 4.72. The van der Waals surface area contributed by atoms with Gasteiger partial charge in [0.05, 0.1) is 24.2 Å². The van der Waals surface area contributed by atoms with Crippen LogP contribution in [-0.2, 0) is 6.61 Å². The van der Waals surface area contributed by atoms with E-state index in [1.54, 1.807) is 6.20 Å². The summed E-state index contributed by atoms with van der Waals surface area (Å²) in [4.78, 5) is 0. The van der Waals surface area contributed by atoms with Crippen LogP contribution in [0.15, 0.2) is 30.5 Å². The van der Waals surface area contributed by atoms with Crippen LogP contribution in [0.5, 0.6) is 0 Å². The van der Waals surface area contributed by atoms with Crippen molar-refractivity contribution in [2.45, 2.75) is 33.3 Å². The van der Waals surface area contributed by atoms with Gasteiger partial charge in [-0.25, -0.2) is 4.68 Å². The number of rotatable bonds is 3. The van der Waals surface area contributed by atoms with Crippen molar-refractivity contribution >= 4 is 0 Å². The lowest BCUT2D eigenvalue weighted by molar-refractivity contribution is 0.280. The molecule has 1 heterocycles. The number of aliphatic hydroxyl groups excluding tert-OH is 1. The predicted octanol–water partition coefficient (Wildman–Crippen LogP) is 2.80. The molecule has 0 unspecified atom stereocenters. The van der Waals surface area contributed by atoms with E-state index >= 15 is 0 Å². The van der Waals surface area contributed by atoms with Gasteiger partial charge in [0.15, 0.2) is 0 Å². The van der Waals surface area contributed by atoms with Crippen LogP contribution >= 0.6 is 0 Å². The SMILES string of the molecule is Cc1cccc(-n2ncc(CO)c2C(C)C)c1. The molecular weight excluding hydrogens is 212 g/mol. The number of hydrogen-bond acceptors (Lipinski definition) is 2. The van der Waals surface area contributed by atoms with Gasteiger partial charge < -0.3 is 5.11 Å². The van der Waals surface area contributed by atoms with Crippen molar-refractivity contribution in [2.24, 2.45) is 0 Å². The van der Waals surface area contributed by atoms with E-state index in [0.29, 0.717) is 5.92 Å². The summed E-state index contributed by atoms with van der Waals surface area (Å²) in [6.45, 7) is 6.33. The van der Waals surface area contributed by atoms with Crippen molar-refractivity contribution in [3.8, 4) is 5.69 Å². The molecule has 3 nitrogen and oxygen atoms in total. The minimum absolute atomic E-state index is 0.0410. The summed E-state index contributed by atoms with van der Waals surface area (Å²) in [5.74, 6) is 0.333. The third-order valence-corrected chi connectivity index (χ3v) is 2.85. The summed E-state index contributed by atoms with van der Waals surface area (Å²) in [5, 5.41) is 13.7. The number of benzene rings is 1. The van der Waals surface area contributed by atoms with Gasteiger partial charge in [-0.2, -0.15) is 5.10 Å². The molecule has 0 radical (unpaired) electrons. The molecule has 0 fully saturated rings. The molecule has 0 aliphatic rings. The van der Waals surface area contributed by atoms with Gasteiger partial charge in [0, 0.05) is 5.56 Å². The Balaban J connectivity index is 2.56. The zero-order chi connectivity index (χ0) is 12.4. The van der Waals surface area contributed by atoms with E-state index in [0.717, 1.165) is 16.9 Å². The predicted molar refractivity (Wildman–Crippen MR) is 68.3 cm³/mol. The molecule has 17 heavy (non-hydrogen) atoms. The van der Waals surface area contributed by atoms with Gasteiger partial charge in [0.25, 0.3) is 0 Å². The van der Waals surface area contributed by atoms with Crippen LogP contribution in [0.25, 0.3) is 5.69 Å². The molecule has 0 aliphatic heterocycles. The summed E-state index contributed by atoms with van der Waals surface area (Å²) in [5.41, 5.74) is 4.24. The normalized spacial score (nSPS) is 11.1. The summed E-state index contributed by atoms with van der Waals surface area (Å²) in [6.07, 6.45) is 1.75. The van der Waals surface area contributed by atoms with E-state index in [2.05, 4.69) is 38.0 Å². The van der Waals surface area contributed by atoms with E-state index in [-0.39, 0.29) is 6.61 Å². The molecule has 90 valence electrons. The van der Waals surface area contributed by atoms with E-state index in [1.807, 2.05) is 16.8 Å². The van der Waals surface area contributed by atoms with E-state index in [9.17, 15) is 5.11 Å². The Labute approximate surface area is 102 Å². The first-order valence-electron chi connectivity index (χ1n) is 5.88. The molecule has 0 spiro atoms. The van der Waals surface area contributed by atoms with Gasteiger partial charge in [-0.1, -0.05) is 26.0 Å². The first kappa shape index (κ1) is 11.9. The van der Waals surface area contributed by atoms with Crippen LogP contribution in [0, 0.1) is 6.92 Å². The van der Waals surface area contributed by atoms with Gasteiger partial charge >= 0.3 is 0 Å². The highest BCUT2D eigenvalue weighted by Crippen LogP contribution is 2.23. The number of aromatic nitrogens is 2. The Kier molecular flexibility index (Phi) is 3.29. The van der Waals surface area contributed by atoms with Crippen LogP contribution in [0.2, 0.25) is 0 Å². The Hall–Kier alpha value is -1.61. The molecule has 0 atom stereocenters. The van der Waals surface area contributed by atoms with Crippen molar-refractivity contribution in [2.75, 3.05) is 0 Å². The Morgan fingerprint density at radius 3 is 2.71 bits per heavy atom. The smallest absolute Gasteiger partial charge is 0.0715 e. The van der Waals surface area contributed by atoms with Gasteiger partial charge in [-0.3, -0.25) is 0 Å². The summed E-state index contributed by atoms with van der Waals surface area (Å²) < 4.78 is 1.92. The van der Waals surface area contributed by atoms with Gasteiger partial charge in [-0.05, 0) is 30.5 Å². The van der Waals surface area contributed by atoms with E-state index in [1.165, 1.54) is 5.56 Å². The maximum atomic E-state index is 9.33. The van der Waals surface area contributed by atoms with E-state index < -0.39 is 0 Å². The molecule has 2 aromatic rings. The molecule has 1 N–H and O–H groups in total. The quantitative estimate of drug-likeness (QED) is 0.880. The first-order chi connectivity index (χ1) is 8.13. The van der Waals surface area contributed by atoms with Gasteiger partial charge in [-0.15, -0.1) is 0 Å².